The number of hydrogen-bond donors (Lipinski definition) is 3. The third-order valence-electron chi connectivity index (χ3n) is 2.58. The number of carbonyl (C=O) groups excluding carboxylic acids is 2. The zero-order chi connectivity index (χ0) is 15.8. The molecule has 2 amide bonds. The summed E-state index contributed by atoms with van der Waals surface area (Å²) in [5.41, 5.74) is 5.58. The Morgan fingerprint density at radius 1 is 1.05 bits per heavy atom. The Labute approximate surface area is 122 Å². The van der Waals surface area contributed by atoms with Crippen molar-refractivity contribution in [2.75, 3.05) is 39.7 Å². The maximum absolute atomic E-state index is 11.7. The number of rotatable bonds is 7. The lowest BCUT2D eigenvalue weighted by Crippen LogP contribution is -2.36. The van der Waals surface area contributed by atoms with Gasteiger partial charge >= 0.3 is 0 Å². The summed E-state index contributed by atoms with van der Waals surface area (Å²) >= 11 is 0. The molecule has 0 aromatic heterocycles. The van der Waals surface area contributed by atoms with Crippen LogP contribution in [0.25, 0.3) is 0 Å². The van der Waals surface area contributed by atoms with E-state index in [0.717, 1.165) is 0 Å². The van der Waals surface area contributed by atoms with Gasteiger partial charge in [-0.2, -0.15) is 0 Å². The molecule has 0 bridgehead atoms. The monoisotopic (exact) mass is 297 g/mol. The molecular weight excluding hydrogens is 278 g/mol. The smallest absolute Gasteiger partial charge is 0.243 e. The Morgan fingerprint density at radius 3 is 2.05 bits per heavy atom. The van der Waals surface area contributed by atoms with Crippen molar-refractivity contribution in [3.05, 3.63) is 12.1 Å². The molecule has 0 aliphatic rings. The van der Waals surface area contributed by atoms with E-state index in [4.69, 9.17) is 19.9 Å². The first-order chi connectivity index (χ1) is 10.0. The average molecular weight is 297 g/mol. The molecule has 0 fully saturated rings. The zero-order valence-corrected chi connectivity index (χ0v) is 12.2. The molecule has 0 aliphatic heterocycles. The second-order valence-electron chi connectivity index (χ2n) is 3.94. The summed E-state index contributed by atoms with van der Waals surface area (Å²) in [6.07, 6.45) is 0. The van der Waals surface area contributed by atoms with Crippen LogP contribution < -0.4 is 30.6 Å². The van der Waals surface area contributed by atoms with Crippen molar-refractivity contribution >= 4 is 17.5 Å². The molecule has 1 aromatic carbocycles. The van der Waals surface area contributed by atoms with Crippen LogP contribution >= 0.6 is 0 Å². The van der Waals surface area contributed by atoms with Crippen LogP contribution in [0.5, 0.6) is 17.2 Å². The third-order valence-corrected chi connectivity index (χ3v) is 2.58. The number of amides is 2. The highest BCUT2D eigenvalue weighted by molar-refractivity contribution is 5.95. The largest absolute Gasteiger partial charge is 0.493 e. The van der Waals surface area contributed by atoms with Crippen LogP contribution in [0.15, 0.2) is 12.1 Å². The van der Waals surface area contributed by atoms with E-state index in [1.165, 1.54) is 21.3 Å². The Balaban J connectivity index is 2.83. The van der Waals surface area contributed by atoms with Crippen LogP contribution in [0.3, 0.4) is 0 Å². The van der Waals surface area contributed by atoms with E-state index in [1.54, 1.807) is 12.1 Å². The lowest BCUT2D eigenvalue weighted by Gasteiger charge is -2.14. The van der Waals surface area contributed by atoms with Crippen LogP contribution in [0.4, 0.5) is 5.69 Å². The van der Waals surface area contributed by atoms with Crippen LogP contribution in [0.1, 0.15) is 0 Å². The fraction of sp³-hybridized carbons (Fsp3) is 0.385. The number of ether oxygens (including phenoxy) is 3. The number of hydrogen-bond acceptors (Lipinski definition) is 6. The standard InChI is InChI=1S/C13H19N3O5/c1-19-9-4-8(5-10(20-2)13(9)21-3)16-12(18)7-15-11(17)6-14/h4-5H,6-7,14H2,1-3H3,(H,15,17)(H,16,18). The van der Waals surface area contributed by atoms with E-state index >= 15 is 0 Å². The quantitative estimate of drug-likeness (QED) is 0.638. The average Bonchev–Trinajstić information content (AvgIpc) is 2.51. The summed E-state index contributed by atoms with van der Waals surface area (Å²) in [6.45, 7) is -0.343. The normalized spacial score (nSPS) is 9.71. The summed E-state index contributed by atoms with van der Waals surface area (Å²) in [4.78, 5) is 22.7. The number of carbonyl (C=O) groups is 2. The molecule has 0 spiro atoms. The Morgan fingerprint density at radius 2 is 1.62 bits per heavy atom. The molecule has 8 nitrogen and oxygen atoms in total. The van der Waals surface area contributed by atoms with Gasteiger partial charge in [0.2, 0.25) is 17.6 Å². The first kappa shape index (κ1) is 16.6. The van der Waals surface area contributed by atoms with E-state index in [-0.39, 0.29) is 13.1 Å². The third kappa shape index (κ3) is 4.53. The molecular formula is C13H19N3O5. The van der Waals surface area contributed by atoms with Crippen molar-refractivity contribution in [3.8, 4) is 17.2 Å². The molecule has 116 valence electrons. The van der Waals surface area contributed by atoms with Gasteiger partial charge < -0.3 is 30.6 Å². The van der Waals surface area contributed by atoms with Crippen molar-refractivity contribution in [2.24, 2.45) is 5.73 Å². The van der Waals surface area contributed by atoms with E-state index in [0.29, 0.717) is 22.9 Å². The van der Waals surface area contributed by atoms with Crippen LogP contribution in [-0.2, 0) is 9.59 Å². The lowest BCUT2D eigenvalue weighted by molar-refractivity contribution is -0.123. The van der Waals surface area contributed by atoms with Crippen molar-refractivity contribution in [1.82, 2.24) is 5.32 Å². The van der Waals surface area contributed by atoms with Crippen LogP contribution in [-0.4, -0.2) is 46.2 Å². The first-order valence-electron chi connectivity index (χ1n) is 6.12. The predicted molar refractivity (Wildman–Crippen MR) is 76.8 cm³/mol. The fourth-order valence-corrected chi connectivity index (χ4v) is 1.61. The van der Waals surface area contributed by atoms with Crippen molar-refractivity contribution in [3.63, 3.8) is 0 Å². The molecule has 0 heterocycles. The van der Waals surface area contributed by atoms with Gasteiger partial charge in [0.25, 0.3) is 0 Å². The van der Waals surface area contributed by atoms with Gasteiger partial charge in [0.15, 0.2) is 11.5 Å². The van der Waals surface area contributed by atoms with Crippen LogP contribution in [0.2, 0.25) is 0 Å². The number of benzene rings is 1. The summed E-state index contributed by atoms with van der Waals surface area (Å²) in [5, 5.41) is 4.98. The number of methoxy groups -OCH3 is 3. The highest BCUT2D eigenvalue weighted by Gasteiger charge is 2.14. The number of nitrogens with one attached hydrogen (secondary N) is 2. The predicted octanol–water partition coefficient (Wildman–Crippen LogP) is -0.274. The van der Waals surface area contributed by atoms with Gasteiger partial charge in [0.05, 0.1) is 34.4 Å². The van der Waals surface area contributed by atoms with Crippen molar-refractivity contribution in [2.45, 2.75) is 0 Å². The molecule has 8 heteroatoms. The Bertz CT molecular complexity index is 494. The molecule has 0 saturated heterocycles. The van der Waals surface area contributed by atoms with E-state index in [2.05, 4.69) is 10.6 Å². The second kappa shape index (κ2) is 7.95. The molecule has 0 aliphatic carbocycles. The summed E-state index contributed by atoms with van der Waals surface area (Å²) in [6, 6.07) is 3.17. The number of nitrogens with two attached hydrogens (primary N) is 1. The molecule has 1 rings (SSSR count). The summed E-state index contributed by atoms with van der Waals surface area (Å²) in [5.74, 6) is 0.451. The molecule has 0 unspecified atom stereocenters. The van der Waals surface area contributed by atoms with Gasteiger partial charge in [-0.05, 0) is 0 Å². The topological polar surface area (TPSA) is 112 Å². The van der Waals surface area contributed by atoms with E-state index in [9.17, 15) is 9.59 Å². The minimum Gasteiger partial charge on any atom is -0.493 e. The first-order valence-corrected chi connectivity index (χ1v) is 6.12. The van der Waals surface area contributed by atoms with Gasteiger partial charge in [0, 0.05) is 17.8 Å². The molecule has 0 radical (unpaired) electrons. The molecule has 0 saturated carbocycles. The molecule has 0 atom stereocenters. The number of anilines is 1. The minimum absolute atomic E-state index is 0.169. The second-order valence-corrected chi connectivity index (χ2v) is 3.94. The van der Waals surface area contributed by atoms with Crippen LogP contribution in [0, 0.1) is 0 Å². The van der Waals surface area contributed by atoms with E-state index < -0.39 is 11.8 Å². The maximum Gasteiger partial charge on any atom is 0.243 e. The van der Waals surface area contributed by atoms with E-state index in [1.807, 2.05) is 0 Å². The molecule has 4 N–H and O–H groups in total. The van der Waals surface area contributed by atoms with Crippen molar-refractivity contribution in [1.29, 1.82) is 0 Å². The minimum atomic E-state index is -0.407. The van der Waals surface area contributed by atoms with Gasteiger partial charge in [-0.25, -0.2) is 0 Å². The van der Waals surface area contributed by atoms with Crippen molar-refractivity contribution < 1.29 is 23.8 Å². The summed E-state index contributed by atoms with van der Waals surface area (Å²) in [7, 11) is 4.44. The highest BCUT2D eigenvalue weighted by atomic mass is 16.5. The lowest BCUT2D eigenvalue weighted by atomic mass is 10.2. The Hall–Kier alpha value is -2.48. The van der Waals surface area contributed by atoms with Gasteiger partial charge in [-0.15, -0.1) is 0 Å². The van der Waals surface area contributed by atoms with Gasteiger partial charge in [0.1, 0.15) is 0 Å². The fourth-order valence-electron chi connectivity index (χ4n) is 1.61. The van der Waals surface area contributed by atoms with Gasteiger partial charge in [-0.1, -0.05) is 0 Å². The summed E-state index contributed by atoms with van der Waals surface area (Å²) < 4.78 is 15.5. The zero-order valence-electron chi connectivity index (χ0n) is 12.2. The molecule has 21 heavy (non-hydrogen) atoms. The van der Waals surface area contributed by atoms with Gasteiger partial charge in [-0.3, -0.25) is 9.59 Å². The molecule has 1 aromatic rings. The SMILES string of the molecule is COc1cc(NC(=O)CNC(=O)CN)cc(OC)c1OC. The Kier molecular flexibility index (Phi) is 6.28. The highest BCUT2D eigenvalue weighted by Crippen LogP contribution is 2.39. The maximum atomic E-state index is 11.7.